The summed E-state index contributed by atoms with van der Waals surface area (Å²) in [5.74, 6) is -1.65. The van der Waals surface area contributed by atoms with Gasteiger partial charge in [0.05, 0.1) is 0 Å². The summed E-state index contributed by atoms with van der Waals surface area (Å²) < 4.78 is 29.4. The molecule has 1 rings (SSSR count). The van der Waals surface area contributed by atoms with Crippen molar-refractivity contribution in [1.82, 2.24) is 4.98 Å². The molecule has 0 aromatic carbocycles. The quantitative estimate of drug-likeness (QED) is 0.575. The summed E-state index contributed by atoms with van der Waals surface area (Å²) in [6.07, 6.45) is 1.40. The smallest absolute Gasteiger partial charge is 0.129 e. The van der Waals surface area contributed by atoms with Gasteiger partial charge in [-0.05, 0) is 23.6 Å². The highest BCUT2D eigenvalue weighted by Gasteiger charge is 1.97. The number of hydrogen-bond acceptors (Lipinski definition) is 1. The molecule has 2 heteroatoms. The largest absolute Gasteiger partial charge is 0.245 e. The van der Waals surface area contributed by atoms with Gasteiger partial charge in [0.25, 0.3) is 0 Å². The lowest BCUT2D eigenvalue weighted by Gasteiger charge is -2.02. The van der Waals surface area contributed by atoms with E-state index in [9.17, 15) is 0 Å². The molecule has 0 aliphatic heterocycles. The van der Waals surface area contributed by atoms with Crippen molar-refractivity contribution in [2.45, 2.75) is 19.7 Å². The van der Waals surface area contributed by atoms with Gasteiger partial charge >= 0.3 is 0 Å². The van der Waals surface area contributed by atoms with Gasteiger partial charge in [0.15, 0.2) is 0 Å². The summed E-state index contributed by atoms with van der Waals surface area (Å²) in [6, 6.07) is 2.90. The molecule has 1 atom stereocenters. The average molecular weight is 160 g/mol. The highest BCUT2D eigenvalue weighted by molar-refractivity contribution is 6.29. The lowest BCUT2D eigenvalue weighted by molar-refractivity contribution is 0.863. The Bertz CT molecular complexity index is 334. The first kappa shape index (κ1) is 3.72. The number of rotatable bonds is 1. The minimum atomic E-state index is -2.38. The Morgan fingerprint density at radius 3 is 3.30 bits per heavy atom. The molecule has 0 fully saturated rings. The predicted octanol–water partition coefficient (Wildman–Crippen LogP) is 2.86. The maximum atomic E-state index is 7.77. The van der Waals surface area contributed by atoms with E-state index in [1.807, 2.05) is 0 Å². The minimum Gasteiger partial charge on any atom is -0.245 e. The Morgan fingerprint density at radius 1 is 1.90 bits per heavy atom. The Balaban J connectivity index is 3.16. The fourth-order valence-electron chi connectivity index (χ4n) is 0.636. The number of halogens is 1. The third kappa shape index (κ3) is 1.71. The van der Waals surface area contributed by atoms with Crippen LogP contribution in [0.25, 0.3) is 0 Å². The van der Waals surface area contributed by atoms with Crippen LogP contribution in [0.2, 0.25) is 5.15 Å². The van der Waals surface area contributed by atoms with Gasteiger partial charge in [-0.2, -0.15) is 0 Å². The SMILES string of the molecule is [2H]C([2H])([2H])C([2H])(C)c1ccnc(Cl)c1. The van der Waals surface area contributed by atoms with Crippen LogP contribution in [-0.4, -0.2) is 4.98 Å². The molecule has 0 bridgehead atoms. The van der Waals surface area contributed by atoms with Crippen LogP contribution in [-0.2, 0) is 0 Å². The van der Waals surface area contributed by atoms with Crippen LogP contribution in [0.3, 0.4) is 0 Å². The average Bonchev–Trinajstić information content (AvgIpc) is 2.02. The maximum absolute atomic E-state index is 7.77. The van der Waals surface area contributed by atoms with E-state index in [0.717, 1.165) is 0 Å². The molecule has 0 radical (unpaired) electrons. The van der Waals surface area contributed by atoms with Gasteiger partial charge in [0.2, 0.25) is 0 Å². The van der Waals surface area contributed by atoms with Crippen LogP contribution >= 0.6 is 11.6 Å². The second-order valence-corrected chi connectivity index (χ2v) is 2.38. The van der Waals surface area contributed by atoms with Crippen LogP contribution in [0, 0.1) is 0 Å². The zero-order valence-corrected chi connectivity index (χ0v) is 6.31. The normalized spacial score (nSPS) is 23.4. The van der Waals surface area contributed by atoms with Gasteiger partial charge in [0, 0.05) is 11.7 Å². The van der Waals surface area contributed by atoms with Crippen LogP contribution in [0.1, 0.15) is 30.7 Å². The van der Waals surface area contributed by atoms with E-state index in [1.54, 1.807) is 0 Å². The summed E-state index contributed by atoms with van der Waals surface area (Å²) in [7, 11) is 0. The van der Waals surface area contributed by atoms with Crippen molar-refractivity contribution >= 4 is 11.6 Å². The summed E-state index contributed by atoms with van der Waals surface area (Å²) in [4.78, 5) is 3.73. The Morgan fingerprint density at radius 2 is 2.70 bits per heavy atom. The van der Waals surface area contributed by atoms with E-state index in [4.69, 9.17) is 17.1 Å². The van der Waals surface area contributed by atoms with Crippen LogP contribution in [0.15, 0.2) is 18.3 Å². The number of nitrogens with zero attached hydrogens (tertiary/aromatic N) is 1. The van der Waals surface area contributed by atoms with Gasteiger partial charge in [-0.1, -0.05) is 25.4 Å². The van der Waals surface area contributed by atoms with E-state index in [-0.39, 0.29) is 5.15 Å². The molecule has 54 valence electrons. The molecular formula is C8H10ClN. The van der Waals surface area contributed by atoms with Crippen molar-refractivity contribution in [2.24, 2.45) is 0 Å². The van der Waals surface area contributed by atoms with Crippen molar-refractivity contribution in [1.29, 1.82) is 0 Å². The lowest BCUT2D eigenvalue weighted by Crippen LogP contribution is -1.86. The molecule has 1 unspecified atom stereocenters. The summed E-state index contributed by atoms with van der Waals surface area (Å²) in [6.45, 7) is -1.04. The standard InChI is InChI=1S/C8H10ClN/c1-6(2)7-3-4-10-8(9)5-7/h3-6H,1-2H3/i1D3,6D. The van der Waals surface area contributed by atoms with Gasteiger partial charge in [-0.25, -0.2) is 4.98 Å². The fraction of sp³-hybridized carbons (Fsp3) is 0.375. The zero-order valence-electron chi connectivity index (χ0n) is 9.56. The molecule has 0 N–H and O–H groups in total. The van der Waals surface area contributed by atoms with Crippen LogP contribution < -0.4 is 0 Å². The third-order valence-electron chi connectivity index (χ3n) is 1.16. The molecule has 1 nitrogen and oxygen atoms in total. The third-order valence-corrected chi connectivity index (χ3v) is 1.37. The van der Waals surface area contributed by atoms with Crippen LogP contribution in [0.5, 0.6) is 0 Å². The fourth-order valence-corrected chi connectivity index (χ4v) is 0.810. The molecule has 1 aromatic heterocycles. The van der Waals surface area contributed by atoms with Gasteiger partial charge in [-0.15, -0.1) is 0 Å². The Labute approximate surface area is 71.7 Å². The van der Waals surface area contributed by atoms with E-state index in [0.29, 0.717) is 5.56 Å². The molecule has 1 aromatic rings. The zero-order chi connectivity index (χ0) is 11.0. The first-order valence-electron chi connectivity index (χ1n) is 4.87. The minimum absolute atomic E-state index is 0.199. The number of hydrogen-bond donors (Lipinski definition) is 0. The van der Waals surface area contributed by atoms with E-state index in [2.05, 4.69) is 4.98 Å². The summed E-state index contributed by atoms with van der Waals surface area (Å²) in [5.41, 5.74) is 0.345. The van der Waals surface area contributed by atoms with E-state index >= 15 is 0 Å². The number of pyridine rings is 1. The van der Waals surface area contributed by atoms with E-state index < -0.39 is 12.7 Å². The summed E-state index contributed by atoms with van der Waals surface area (Å²) >= 11 is 5.62. The van der Waals surface area contributed by atoms with Crippen molar-refractivity contribution in [3.63, 3.8) is 0 Å². The number of aromatic nitrogens is 1. The van der Waals surface area contributed by atoms with Crippen molar-refractivity contribution in [3.8, 4) is 0 Å². The van der Waals surface area contributed by atoms with Crippen molar-refractivity contribution in [3.05, 3.63) is 29.0 Å². The maximum Gasteiger partial charge on any atom is 0.129 e. The monoisotopic (exact) mass is 159 g/mol. The lowest BCUT2D eigenvalue weighted by atomic mass is 10.1. The van der Waals surface area contributed by atoms with E-state index in [1.165, 1.54) is 25.3 Å². The molecule has 0 spiro atoms. The Kier molecular flexibility index (Phi) is 1.12. The molecule has 0 aliphatic rings. The molecule has 1 heterocycles. The highest BCUT2D eigenvalue weighted by Crippen LogP contribution is 2.15. The Hall–Kier alpha value is -0.560. The molecule has 10 heavy (non-hydrogen) atoms. The topological polar surface area (TPSA) is 12.9 Å². The molecule has 0 saturated heterocycles. The first-order chi connectivity index (χ1) is 6.25. The summed E-state index contributed by atoms with van der Waals surface area (Å²) in [5, 5.41) is 0.199. The van der Waals surface area contributed by atoms with Gasteiger partial charge < -0.3 is 0 Å². The second-order valence-electron chi connectivity index (χ2n) is 1.99. The van der Waals surface area contributed by atoms with Crippen molar-refractivity contribution < 1.29 is 5.48 Å². The second kappa shape index (κ2) is 3.02. The van der Waals surface area contributed by atoms with Gasteiger partial charge in [0.1, 0.15) is 5.15 Å². The van der Waals surface area contributed by atoms with Crippen LogP contribution in [0.4, 0.5) is 0 Å². The van der Waals surface area contributed by atoms with Crippen molar-refractivity contribution in [2.75, 3.05) is 0 Å². The molecule has 0 aliphatic carbocycles. The highest BCUT2D eigenvalue weighted by atomic mass is 35.5. The van der Waals surface area contributed by atoms with Gasteiger partial charge in [-0.3, -0.25) is 0 Å². The molecule has 0 saturated carbocycles. The predicted molar refractivity (Wildman–Crippen MR) is 43.3 cm³/mol. The molecular weight excluding hydrogens is 146 g/mol. The molecule has 0 amide bonds. The first-order valence-corrected chi connectivity index (χ1v) is 3.25.